The number of halogens is 1. The van der Waals surface area contributed by atoms with Crippen LogP contribution in [0.4, 0.5) is 0 Å². The quantitative estimate of drug-likeness (QED) is 0.864. The van der Waals surface area contributed by atoms with Crippen molar-refractivity contribution in [2.24, 2.45) is 0 Å². The molecule has 1 N–H and O–H groups in total. The predicted octanol–water partition coefficient (Wildman–Crippen LogP) is 4.14. The summed E-state index contributed by atoms with van der Waals surface area (Å²) >= 11 is 3.41. The summed E-state index contributed by atoms with van der Waals surface area (Å²) < 4.78 is 6.83. The molecule has 0 aliphatic rings. The summed E-state index contributed by atoms with van der Waals surface area (Å²) in [6, 6.07) is 16.4. The molecule has 0 aliphatic carbocycles. The lowest BCUT2D eigenvalue weighted by molar-refractivity contribution is 0.306. The van der Waals surface area contributed by atoms with E-state index in [2.05, 4.69) is 52.4 Å². The summed E-state index contributed by atoms with van der Waals surface area (Å²) in [6.07, 6.45) is 0. The lowest BCUT2D eigenvalue weighted by Crippen LogP contribution is -2.11. The molecule has 0 bridgehead atoms. The maximum atomic E-state index is 5.77. The number of hydrogen-bond donors (Lipinski definition) is 1. The molecule has 19 heavy (non-hydrogen) atoms. The third kappa shape index (κ3) is 4.69. The molecule has 0 unspecified atom stereocenters. The molecule has 0 radical (unpaired) electrons. The van der Waals surface area contributed by atoms with E-state index in [0.29, 0.717) is 6.61 Å². The molecule has 0 amide bonds. The van der Waals surface area contributed by atoms with Crippen LogP contribution in [0, 0.1) is 0 Å². The average molecular weight is 320 g/mol. The van der Waals surface area contributed by atoms with Crippen LogP contribution >= 0.6 is 15.9 Å². The molecule has 2 aromatic rings. The van der Waals surface area contributed by atoms with E-state index < -0.39 is 0 Å². The van der Waals surface area contributed by atoms with E-state index in [0.717, 1.165) is 23.3 Å². The number of rotatable bonds is 6. The molecule has 2 nitrogen and oxygen atoms in total. The molecule has 2 aromatic carbocycles. The fraction of sp³-hybridized carbons (Fsp3) is 0.250. The highest BCUT2D eigenvalue weighted by atomic mass is 79.9. The molecule has 0 fully saturated rings. The van der Waals surface area contributed by atoms with Crippen molar-refractivity contribution in [2.45, 2.75) is 20.1 Å². The summed E-state index contributed by atoms with van der Waals surface area (Å²) in [4.78, 5) is 0. The summed E-state index contributed by atoms with van der Waals surface area (Å²) in [7, 11) is 0. The zero-order chi connectivity index (χ0) is 13.5. The maximum absolute atomic E-state index is 5.77. The Morgan fingerprint density at radius 3 is 2.53 bits per heavy atom. The van der Waals surface area contributed by atoms with Gasteiger partial charge in [0.05, 0.1) is 0 Å². The van der Waals surface area contributed by atoms with E-state index in [1.807, 2.05) is 24.3 Å². The lowest BCUT2D eigenvalue weighted by atomic mass is 10.1. The standard InChI is InChI=1S/C16H18BrNO/c1-2-18-11-13-4-3-5-14(10-13)12-19-16-8-6-15(17)7-9-16/h3-10,18H,2,11-12H2,1H3. The Morgan fingerprint density at radius 2 is 1.79 bits per heavy atom. The van der Waals surface area contributed by atoms with E-state index in [9.17, 15) is 0 Å². The van der Waals surface area contributed by atoms with Crippen molar-refractivity contribution < 1.29 is 4.74 Å². The molecule has 100 valence electrons. The summed E-state index contributed by atoms with van der Waals surface area (Å²) in [5.74, 6) is 0.889. The number of ether oxygens (including phenoxy) is 1. The van der Waals surface area contributed by atoms with Crippen LogP contribution in [-0.4, -0.2) is 6.54 Å². The van der Waals surface area contributed by atoms with Crippen LogP contribution in [0.2, 0.25) is 0 Å². The Kier molecular flexibility index (Phi) is 5.43. The van der Waals surface area contributed by atoms with Gasteiger partial charge in [-0.25, -0.2) is 0 Å². The van der Waals surface area contributed by atoms with Crippen LogP contribution in [0.5, 0.6) is 5.75 Å². The van der Waals surface area contributed by atoms with Crippen LogP contribution in [0.1, 0.15) is 18.1 Å². The minimum atomic E-state index is 0.599. The highest BCUT2D eigenvalue weighted by Crippen LogP contribution is 2.17. The van der Waals surface area contributed by atoms with Crippen LogP contribution < -0.4 is 10.1 Å². The fourth-order valence-electron chi connectivity index (χ4n) is 1.80. The first kappa shape index (κ1) is 14.1. The number of hydrogen-bond acceptors (Lipinski definition) is 2. The largest absolute Gasteiger partial charge is 0.489 e. The number of benzene rings is 2. The van der Waals surface area contributed by atoms with Crippen LogP contribution in [0.3, 0.4) is 0 Å². The van der Waals surface area contributed by atoms with Gasteiger partial charge in [0, 0.05) is 11.0 Å². The summed E-state index contributed by atoms with van der Waals surface area (Å²) in [6.45, 7) is 4.60. The molecule has 2 rings (SSSR count). The molecular formula is C16H18BrNO. The average Bonchev–Trinajstić information content (AvgIpc) is 2.45. The zero-order valence-electron chi connectivity index (χ0n) is 11.0. The van der Waals surface area contributed by atoms with Crippen LogP contribution in [0.15, 0.2) is 53.0 Å². The molecule has 3 heteroatoms. The first-order chi connectivity index (χ1) is 9.28. The second-order valence-corrected chi connectivity index (χ2v) is 5.26. The van der Waals surface area contributed by atoms with Gasteiger partial charge in [0.15, 0.2) is 0 Å². The van der Waals surface area contributed by atoms with Gasteiger partial charge >= 0.3 is 0 Å². The van der Waals surface area contributed by atoms with Crippen molar-refractivity contribution in [1.82, 2.24) is 5.32 Å². The van der Waals surface area contributed by atoms with Crippen molar-refractivity contribution in [3.63, 3.8) is 0 Å². The van der Waals surface area contributed by atoms with Gasteiger partial charge in [0.1, 0.15) is 12.4 Å². The second kappa shape index (κ2) is 7.31. The Balaban J connectivity index is 1.93. The van der Waals surface area contributed by atoms with Crippen LogP contribution in [0.25, 0.3) is 0 Å². The molecule has 0 spiro atoms. The van der Waals surface area contributed by atoms with Gasteiger partial charge in [0.2, 0.25) is 0 Å². The minimum Gasteiger partial charge on any atom is -0.489 e. The monoisotopic (exact) mass is 319 g/mol. The molecule has 0 aromatic heterocycles. The SMILES string of the molecule is CCNCc1cccc(COc2ccc(Br)cc2)c1. The summed E-state index contributed by atoms with van der Waals surface area (Å²) in [5, 5.41) is 3.33. The van der Waals surface area contributed by atoms with Gasteiger partial charge in [-0.2, -0.15) is 0 Å². The molecule has 0 heterocycles. The lowest BCUT2D eigenvalue weighted by Gasteiger charge is -2.08. The molecular weight excluding hydrogens is 302 g/mol. The van der Waals surface area contributed by atoms with E-state index in [1.54, 1.807) is 0 Å². The van der Waals surface area contributed by atoms with E-state index in [-0.39, 0.29) is 0 Å². The van der Waals surface area contributed by atoms with Crippen LogP contribution in [-0.2, 0) is 13.2 Å². The topological polar surface area (TPSA) is 21.3 Å². The highest BCUT2D eigenvalue weighted by Gasteiger charge is 1.98. The van der Waals surface area contributed by atoms with E-state index in [1.165, 1.54) is 11.1 Å². The van der Waals surface area contributed by atoms with Gasteiger partial charge in [-0.05, 0) is 41.9 Å². The molecule has 0 atom stereocenters. The fourth-order valence-corrected chi connectivity index (χ4v) is 2.06. The summed E-state index contributed by atoms with van der Waals surface area (Å²) in [5.41, 5.74) is 2.48. The van der Waals surface area contributed by atoms with Gasteiger partial charge in [-0.3, -0.25) is 0 Å². The first-order valence-corrected chi connectivity index (χ1v) is 7.24. The van der Waals surface area contributed by atoms with Crippen molar-refractivity contribution in [2.75, 3.05) is 6.54 Å². The first-order valence-electron chi connectivity index (χ1n) is 6.45. The Hall–Kier alpha value is -1.32. The number of nitrogens with one attached hydrogen (secondary N) is 1. The van der Waals surface area contributed by atoms with Gasteiger partial charge in [0.25, 0.3) is 0 Å². The van der Waals surface area contributed by atoms with Gasteiger partial charge in [-0.1, -0.05) is 47.1 Å². The van der Waals surface area contributed by atoms with Gasteiger partial charge < -0.3 is 10.1 Å². The highest BCUT2D eigenvalue weighted by molar-refractivity contribution is 9.10. The zero-order valence-corrected chi connectivity index (χ0v) is 12.6. The third-order valence-electron chi connectivity index (χ3n) is 2.79. The predicted molar refractivity (Wildman–Crippen MR) is 82.3 cm³/mol. The maximum Gasteiger partial charge on any atom is 0.119 e. The molecule has 0 saturated heterocycles. The van der Waals surface area contributed by atoms with Gasteiger partial charge in [-0.15, -0.1) is 0 Å². The van der Waals surface area contributed by atoms with Crippen molar-refractivity contribution in [3.8, 4) is 5.75 Å². The minimum absolute atomic E-state index is 0.599. The Morgan fingerprint density at radius 1 is 1.05 bits per heavy atom. The molecule has 0 aliphatic heterocycles. The molecule has 0 saturated carbocycles. The van der Waals surface area contributed by atoms with Crippen molar-refractivity contribution in [1.29, 1.82) is 0 Å². The van der Waals surface area contributed by atoms with E-state index in [4.69, 9.17) is 4.74 Å². The Bertz CT molecular complexity index is 510. The smallest absolute Gasteiger partial charge is 0.119 e. The Labute approximate surface area is 122 Å². The third-order valence-corrected chi connectivity index (χ3v) is 3.32. The van der Waals surface area contributed by atoms with Crippen molar-refractivity contribution >= 4 is 15.9 Å². The van der Waals surface area contributed by atoms with Crippen molar-refractivity contribution in [3.05, 3.63) is 64.1 Å². The second-order valence-electron chi connectivity index (χ2n) is 4.34. The normalized spacial score (nSPS) is 10.4. The van der Waals surface area contributed by atoms with E-state index >= 15 is 0 Å².